The van der Waals surface area contributed by atoms with Gasteiger partial charge in [0, 0.05) is 29.5 Å². The van der Waals surface area contributed by atoms with E-state index in [1.165, 1.54) is 19.3 Å². The summed E-state index contributed by atoms with van der Waals surface area (Å²) in [7, 11) is -3.70. The van der Waals surface area contributed by atoms with Gasteiger partial charge in [0.05, 0.1) is 11.9 Å². The van der Waals surface area contributed by atoms with Crippen LogP contribution in [0.3, 0.4) is 0 Å². The van der Waals surface area contributed by atoms with Crippen LogP contribution in [0.5, 0.6) is 0 Å². The Hall–Kier alpha value is -2.25. The number of anilines is 3. The summed E-state index contributed by atoms with van der Waals surface area (Å²) in [5, 5.41) is 3.27. The van der Waals surface area contributed by atoms with Crippen molar-refractivity contribution in [1.82, 2.24) is 0 Å². The molecule has 1 aliphatic rings. The smallest absolute Gasteiger partial charge is 0.247 e. The van der Waals surface area contributed by atoms with Gasteiger partial charge in [0.15, 0.2) is 0 Å². The van der Waals surface area contributed by atoms with Crippen molar-refractivity contribution in [2.75, 3.05) is 33.9 Å². The number of carbonyl (C=O) groups is 1. The summed E-state index contributed by atoms with van der Waals surface area (Å²) < 4.78 is 26.0. The molecule has 3 rings (SSSR count). The summed E-state index contributed by atoms with van der Waals surface area (Å²) in [6.07, 6.45) is 4.74. The van der Waals surface area contributed by atoms with Crippen molar-refractivity contribution in [3.8, 4) is 0 Å². The zero-order valence-electron chi connectivity index (χ0n) is 17.6. The molecule has 1 N–H and O–H groups in total. The second-order valence-corrected chi connectivity index (χ2v) is 10.0. The number of carbonyl (C=O) groups excluding carboxylic acids is 1. The van der Waals surface area contributed by atoms with Crippen molar-refractivity contribution in [3.05, 3.63) is 53.1 Å². The molecule has 1 heterocycles. The fourth-order valence-corrected chi connectivity index (χ4v) is 5.02. The maximum absolute atomic E-state index is 12.9. The summed E-state index contributed by atoms with van der Waals surface area (Å²) in [4.78, 5) is 15.2. The predicted molar refractivity (Wildman–Crippen MR) is 124 cm³/mol. The first-order chi connectivity index (χ1) is 14.2. The molecule has 1 atom stereocenters. The van der Waals surface area contributed by atoms with E-state index in [1.807, 2.05) is 31.2 Å². The molecule has 0 saturated carbocycles. The van der Waals surface area contributed by atoms with E-state index < -0.39 is 22.0 Å². The third-order valence-electron chi connectivity index (χ3n) is 5.35. The van der Waals surface area contributed by atoms with Crippen LogP contribution < -0.4 is 14.5 Å². The van der Waals surface area contributed by atoms with Gasteiger partial charge < -0.3 is 10.2 Å². The van der Waals surface area contributed by atoms with Crippen LogP contribution in [0.15, 0.2) is 42.5 Å². The number of nitrogens with one attached hydrogen (secondary N) is 1. The molecule has 2 aromatic rings. The van der Waals surface area contributed by atoms with Crippen molar-refractivity contribution in [2.24, 2.45) is 0 Å². The number of rotatable bonds is 6. The largest absolute Gasteiger partial charge is 0.372 e. The highest BCUT2D eigenvalue weighted by Gasteiger charge is 2.29. The number of aryl methyl sites for hydroxylation is 1. The Morgan fingerprint density at radius 2 is 1.73 bits per heavy atom. The Balaban J connectivity index is 1.76. The van der Waals surface area contributed by atoms with Gasteiger partial charge in [-0.3, -0.25) is 9.10 Å². The number of halogens is 1. The van der Waals surface area contributed by atoms with E-state index in [-0.39, 0.29) is 0 Å². The summed E-state index contributed by atoms with van der Waals surface area (Å²) in [5.74, 6) is -0.414. The van der Waals surface area contributed by atoms with E-state index >= 15 is 0 Å². The highest BCUT2D eigenvalue weighted by Crippen LogP contribution is 2.27. The number of sulfonamides is 1. The van der Waals surface area contributed by atoms with E-state index in [0.717, 1.165) is 34.9 Å². The lowest BCUT2D eigenvalue weighted by Crippen LogP contribution is -2.45. The molecule has 0 bridgehead atoms. The maximum atomic E-state index is 12.9. The first kappa shape index (κ1) is 22.4. The lowest BCUT2D eigenvalue weighted by Gasteiger charge is -2.29. The molecular weight excluding hydrogens is 422 g/mol. The first-order valence-corrected chi connectivity index (χ1v) is 12.3. The van der Waals surface area contributed by atoms with Gasteiger partial charge in [-0.25, -0.2) is 8.42 Å². The fourth-order valence-electron chi connectivity index (χ4n) is 3.68. The minimum absolute atomic E-state index is 0.358. The topological polar surface area (TPSA) is 69.7 Å². The van der Waals surface area contributed by atoms with Crippen LogP contribution in [0.2, 0.25) is 5.02 Å². The lowest BCUT2D eigenvalue weighted by molar-refractivity contribution is -0.116. The lowest BCUT2D eigenvalue weighted by atomic mass is 10.1. The van der Waals surface area contributed by atoms with Crippen LogP contribution in [0.25, 0.3) is 0 Å². The van der Waals surface area contributed by atoms with Crippen LogP contribution in [0.1, 0.15) is 31.7 Å². The molecule has 1 saturated heterocycles. The highest BCUT2D eigenvalue weighted by atomic mass is 35.5. The molecule has 1 unspecified atom stereocenters. The number of nitrogens with zero attached hydrogens (tertiary/aromatic N) is 2. The van der Waals surface area contributed by atoms with Gasteiger partial charge >= 0.3 is 0 Å². The molecule has 30 heavy (non-hydrogen) atoms. The van der Waals surface area contributed by atoms with E-state index in [0.29, 0.717) is 16.4 Å². The molecule has 0 aromatic heterocycles. The average molecular weight is 450 g/mol. The van der Waals surface area contributed by atoms with Crippen LogP contribution in [-0.2, 0) is 14.8 Å². The normalized spacial score (nSPS) is 15.5. The third kappa shape index (κ3) is 5.26. The predicted octanol–water partition coefficient (Wildman–Crippen LogP) is 4.43. The van der Waals surface area contributed by atoms with E-state index in [1.54, 1.807) is 25.1 Å². The standard InChI is InChI=1S/C22H28ClN3O3S/c1-16-7-10-20(15-21(16)23)26(30(3,28)29)17(2)22(27)24-18-8-11-19(12-9-18)25-13-5-4-6-14-25/h7-12,15,17H,4-6,13-14H2,1-3H3,(H,24,27). The van der Waals surface area contributed by atoms with Crippen LogP contribution in [0, 0.1) is 6.92 Å². The van der Waals surface area contributed by atoms with E-state index in [4.69, 9.17) is 11.6 Å². The molecule has 6 nitrogen and oxygen atoms in total. The Morgan fingerprint density at radius 3 is 2.30 bits per heavy atom. The second-order valence-electron chi connectivity index (χ2n) is 7.75. The van der Waals surface area contributed by atoms with E-state index in [2.05, 4.69) is 10.2 Å². The summed E-state index contributed by atoms with van der Waals surface area (Å²) >= 11 is 6.17. The van der Waals surface area contributed by atoms with Gasteiger partial charge in [0.2, 0.25) is 15.9 Å². The van der Waals surface area contributed by atoms with Crippen LogP contribution in [-0.4, -0.2) is 39.7 Å². The Kier molecular flexibility index (Phi) is 6.93. The van der Waals surface area contributed by atoms with Gasteiger partial charge in [-0.2, -0.15) is 0 Å². The fraction of sp³-hybridized carbons (Fsp3) is 0.409. The summed E-state index contributed by atoms with van der Waals surface area (Å²) in [6.45, 7) is 5.49. The summed E-state index contributed by atoms with van der Waals surface area (Å²) in [5.41, 5.74) is 2.95. The van der Waals surface area contributed by atoms with Gasteiger partial charge in [-0.05, 0) is 75.1 Å². The van der Waals surface area contributed by atoms with E-state index in [9.17, 15) is 13.2 Å². The molecule has 0 spiro atoms. The highest BCUT2D eigenvalue weighted by molar-refractivity contribution is 7.92. The number of hydrogen-bond donors (Lipinski definition) is 1. The zero-order valence-corrected chi connectivity index (χ0v) is 19.1. The van der Waals surface area contributed by atoms with Gasteiger partial charge in [-0.15, -0.1) is 0 Å². The third-order valence-corrected chi connectivity index (χ3v) is 7.00. The molecule has 8 heteroatoms. The molecule has 2 aromatic carbocycles. The Morgan fingerprint density at radius 1 is 1.10 bits per heavy atom. The molecule has 0 aliphatic carbocycles. The van der Waals surface area contributed by atoms with Gasteiger partial charge in [0.25, 0.3) is 0 Å². The van der Waals surface area contributed by atoms with Crippen molar-refractivity contribution in [2.45, 2.75) is 39.2 Å². The van der Waals surface area contributed by atoms with Gasteiger partial charge in [0.1, 0.15) is 6.04 Å². The molecule has 162 valence electrons. The van der Waals surface area contributed by atoms with Crippen LogP contribution >= 0.6 is 11.6 Å². The quantitative estimate of drug-likeness (QED) is 0.708. The molecule has 1 aliphatic heterocycles. The van der Waals surface area contributed by atoms with Gasteiger partial charge in [-0.1, -0.05) is 17.7 Å². The minimum Gasteiger partial charge on any atom is -0.372 e. The zero-order chi connectivity index (χ0) is 21.9. The maximum Gasteiger partial charge on any atom is 0.247 e. The first-order valence-electron chi connectivity index (χ1n) is 10.1. The molecule has 1 amide bonds. The SMILES string of the molecule is Cc1ccc(N(C(C)C(=O)Nc2ccc(N3CCCCC3)cc2)S(C)(=O)=O)cc1Cl. The second kappa shape index (κ2) is 9.27. The Labute approximate surface area is 183 Å². The van der Waals surface area contributed by atoms with Crippen molar-refractivity contribution >= 4 is 44.6 Å². The molecule has 1 fully saturated rings. The number of piperidine rings is 1. The number of benzene rings is 2. The summed E-state index contributed by atoms with van der Waals surface area (Å²) in [6, 6.07) is 11.7. The van der Waals surface area contributed by atoms with Crippen LogP contribution in [0.4, 0.5) is 17.1 Å². The number of amides is 1. The van der Waals surface area contributed by atoms with Crippen molar-refractivity contribution in [3.63, 3.8) is 0 Å². The van der Waals surface area contributed by atoms with Crippen molar-refractivity contribution < 1.29 is 13.2 Å². The number of hydrogen-bond acceptors (Lipinski definition) is 4. The minimum atomic E-state index is -3.70. The monoisotopic (exact) mass is 449 g/mol. The Bertz CT molecular complexity index is 1000. The van der Waals surface area contributed by atoms with Crippen molar-refractivity contribution in [1.29, 1.82) is 0 Å². The molecular formula is C22H28ClN3O3S. The molecule has 0 radical (unpaired) electrons. The average Bonchev–Trinajstić information content (AvgIpc) is 2.71.